The number of nitrogens with one attached hydrogen (secondary N) is 1. The fourth-order valence-electron chi connectivity index (χ4n) is 1.25. The third-order valence-corrected chi connectivity index (χ3v) is 4.08. The normalized spacial score (nSPS) is 13.2. The zero-order chi connectivity index (χ0) is 13.9. The van der Waals surface area contributed by atoms with Crippen LogP contribution in [0.3, 0.4) is 0 Å². The highest BCUT2D eigenvalue weighted by Gasteiger charge is 2.20. The second kappa shape index (κ2) is 5.52. The van der Waals surface area contributed by atoms with Crippen LogP contribution < -0.4 is 4.72 Å². The summed E-state index contributed by atoms with van der Waals surface area (Å²) in [5.41, 5.74) is -0.510. The van der Waals surface area contributed by atoms with E-state index in [1.54, 1.807) is 0 Å². The molecule has 0 heterocycles. The Morgan fingerprint density at radius 2 is 2.11 bits per heavy atom. The zero-order valence-electron chi connectivity index (χ0n) is 9.19. The van der Waals surface area contributed by atoms with Crippen LogP contribution in [-0.4, -0.2) is 29.2 Å². The maximum atomic E-state index is 11.5. The molecule has 10 heteroatoms. The van der Waals surface area contributed by atoms with Gasteiger partial charge in [-0.15, -0.1) is 0 Å². The van der Waals surface area contributed by atoms with Crippen LogP contribution in [0.15, 0.2) is 23.1 Å². The molecule has 100 valence electrons. The fraction of sp³-hybridized carbons (Fsp3) is 0.250. The van der Waals surface area contributed by atoms with Crippen molar-refractivity contribution in [1.29, 1.82) is 0 Å². The summed E-state index contributed by atoms with van der Waals surface area (Å²) in [6, 6.07) is 3.14. The zero-order valence-corrected chi connectivity index (χ0v) is 10.8. The first-order valence-electron chi connectivity index (χ1n) is 4.56. The van der Waals surface area contributed by atoms with Gasteiger partial charge in [-0.05, 0) is 19.2 Å². The Hall–Kier alpha value is -1.36. The van der Waals surface area contributed by atoms with Crippen molar-refractivity contribution in [3.63, 3.8) is 0 Å². The van der Waals surface area contributed by atoms with E-state index in [1.165, 1.54) is 7.05 Å². The Labute approximate surface area is 106 Å². The van der Waals surface area contributed by atoms with E-state index in [0.717, 1.165) is 18.2 Å². The van der Waals surface area contributed by atoms with Gasteiger partial charge in [-0.1, -0.05) is 0 Å². The van der Waals surface area contributed by atoms with Gasteiger partial charge in [0.2, 0.25) is 10.0 Å². The maximum absolute atomic E-state index is 11.5. The first-order valence-corrected chi connectivity index (χ1v) is 7.32. The van der Waals surface area contributed by atoms with Gasteiger partial charge >= 0.3 is 0 Å². The SMILES string of the molecule is CNS(=O)(=O)c1ccc(CS(=O)O)c([N+](=O)[O-])c1. The summed E-state index contributed by atoms with van der Waals surface area (Å²) >= 11 is -2.24. The number of sulfonamides is 1. The van der Waals surface area contributed by atoms with Gasteiger partial charge in [-0.3, -0.25) is 10.1 Å². The van der Waals surface area contributed by atoms with E-state index in [2.05, 4.69) is 0 Å². The van der Waals surface area contributed by atoms with Crippen LogP contribution in [-0.2, 0) is 26.9 Å². The van der Waals surface area contributed by atoms with E-state index in [-0.39, 0.29) is 10.5 Å². The van der Waals surface area contributed by atoms with E-state index < -0.39 is 37.5 Å². The van der Waals surface area contributed by atoms with Gasteiger partial charge in [-0.25, -0.2) is 17.3 Å². The molecule has 0 aliphatic rings. The standard InChI is InChI=1S/C8H10N2O6S2/c1-9-18(15,16)7-3-2-6(5-17(13)14)8(4-7)10(11)12/h2-4,9H,5H2,1H3,(H,13,14). The van der Waals surface area contributed by atoms with Crippen LogP contribution in [0.4, 0.5) is 5.69 Å². The van der Waals surface area contributed by atoms with Crippen molar-refractivity contribution < 1.29 is 22.1 Å². The Kier molecular flexibility index (Phi) is 4.51. The lowest BCUT2D eigenvalue weighted by Crippen LogP contribution is -2.18. The summed E-state index contributed by atoms with van der Waals surface area (Å²) in [7, 11) is -2.61. The predicted octanol–water partition coefficient (Wildman–Crippen LogP) is 0.225. The number of nitro groups is 1. The molecule has 0 radical (unpaired) electrons. The number of hydrogen-bond donors (Lipinski definition) is 2. The molecule has 1 aromatic carbocycles. The third-order valence-electron chi connectivity index (χ3n) is 2.11. The highest BCUT2D eigenvalue weighted by atomic mass is 32.2. The number of hydrogen-bond acceptors (Lipinski definition) is 5. The van der Waals surface area contributed by atoms with E-state index in [9.17, 15) is 22.7 Å². The number of nitro benzene ring substituents is 1. The van der Waals surface area contributed by atoms with E-state index in [0.29, 0.717) is 0 Å². The summed E-state index contributed by atoms with van der Waals surface area (Å²) in [4.78, 5) is 9.71. The minimum atomic E-state index is -3.79. The topological polar surface area (TPSA) is 127 Å². The summed E-state index contributed by atoms with van der Waals surface area (Å²) in [5.74, 6) is -0.434. The molecule has 0 fully saturated rings. The minimum Gasteiger partial charge on any atom is -0.306 e. The van der Waals surface area contributed by atoms with Crippen molar-refractivity contribution in [2.45, 2.75) is 10.6 Å². The van der Waals surface area contributed by atoms with Crippen molar-refractivity contribution in [2.75, 3.05) is 7.05 Å². The van der Waals surface area contributed by atoms with Gasteiger partial charge in [0.1, 0.15) is 0 Å². The molecule has 18 heavy (non-hydrogen) atoms. The molecule has 0 aromatic heterocycles. The van der Waals surface area contributed by atoms with Crippen molar-refractivity contribution >= 4 is 26.8 Å². The highest BCUT2D eigenvalue weighted by Crippen LogP contribution is 2.23. The smallest absolute Gasteiger partial charge is 0.274 e. The number of benzene rings is 1. The van der Waals surface area contributed by atoms with Crippen LogP contribution in [0.5, 0.6) is 0 Å². The van der Waals surface area contributed by atoms with Crippen LogP contribution in [0.2, 0.25) is 0 Å². The summed E-state index contributed by atoms with van der Waals surface area (Å²) in [6.07, 6.45) is 0. The molecule has 2 N–H and O–H groups in total. The molecule has 8 nitrogen and oxygen atoms in total. The lowest BCUT2D eigenvalue weighted by molar-refractivity contribution is -0.385. The number of rotatable bonds is 5. The molecule has 1 rings (SSSR count). The fourth-order valence-corrected chi connectivity index (χ4v) is 2.51. The second-order valence-corrected chi connectivity index (χ2v) is 6.04. The van der Waals surface area contributed by atoms with Crippen molar-refractivity contribution in [3.8, 4) is 0 Å². The number of nitrogens with zero attached hydrogens (tertiary/aromatic N) is 1. The molecule has 1 atom stereocenters. The monoisotopic (exact) mass is 294 g/mol. The van der Waals surface area contributed by atoms with Gasteiger partial charge in [0.05, 0.1) is 15.6 Å². The summed E-state index contributed by atoms with van der Waals surface area (Å²) in [6.45, 7) is 0. The van der Waals surface area contributed by atoms with Gasteiger partial charge < -0.3 is 4.55 Å². The predicted molar refractivity (Wildman–Crippen MR) is 63.8 cm³/mol. The molecule has 0 saturated heterocycles. The molecular formula is C8H10N2O6S2. The first kappa shape index (κ1) is 14.7. The molecule has 0 bridgehead atoms. The highest BCUT2D eigenvalue weighted by molar-refractivity contribution is 7.89. The van der Waals surface area contributed by atoms with E-state index >= 15 is 0 Å². The van der Waals surface area contributed by atoms with Crippen LogP contribution >= 0.6 is 0 Å². The van der Waals surface area contributed by atoms with Crippen LogP contribution in [0.1, 0.15) is 5.56 Å². The second-order valence-electron chi connectivity index (χ2n) is 3.22. The Balaban J connectivity index is 3.37. The Bertz CT molecular complexity index is 598. The van der Waals surface area contributed by atoms with Crippen LogP contribution in [0.25, 0.3) is 0 Å². The Morgan fingerprint density at radius 3 is 2.56 bits per heavy atom. The Morgan fingerprint density at radius 1 is 1.50 bits per heavy atom. The van der Waals surface area contributed by atoms with E-state index in [1.807, 2.05) is 4.72 Å². The third kappa shape index (κ3) is 3.32. The molecule has 0 saturated carbocycles. The first-order chi connectivity index (χ1) is 8.27. The van der Waals surface area contributed by atoms with Crippen LogP contribution in [0, 0.1) is 10.1 Å². The average Bonchev–Trinajstić information content (AvgIpc) is 2.28. The molecule has 1 aromatic rings. The van der Waals surface area contributed by atoms with E-state index in [4.69, 9.17) is 4.55 Å². The molecule has 0 aliphatic carbocycles. The molecule has 0 aliphatic heterocycles. The lowest BCUT2D eigenvalue weighted by Gasteiger charge is -2.05. The minimum absolute atomic E-state index is 0.00381. The largest absolute Gasteiger partial charge is 0.306 e. The lowest BCUT2D eigenvalue weighted by atomic mass is 10.2. The maximum Gasteiger partial charge on any atom is 0.274 e. The summed E-state index contributed by atoms with van der Waals surface area (Å²) in [5, 5.41) is 10.8. The average molecular weight is 294 g/mol. The molecule has 0 spiro atoms. The van der Waals surface area contributed by atoms with Gasteiger partial charge in [0.15, 0.2) is 11.1 Å². The van der Waals surface area contributed by atoms with Gasteiger partial charge in [0.25, 0.3) is 5.69 Å². The molecule has 1 unspecified atom stereocenters. The quantitative estimate of drug-likeness (QED) is 0.454. The van der Waals surface area contributed by atoms with Crippen molar-refractivity contribution in [3.05, 3.63) is 33.9 Å². The van der Waals surface area contributed by atoms with Crippen molar-refractivity contribution in [1.82, 2.24) is 4.72 Å². The molecular weight excluding hydrogens is 284 g/mol. The molecule has 0 amide bonds. The van der Waals surface area contributed by atoms with Gasteiger partial charge in [-0.2, -0.15) is 0 Å². The van der Waals surface area contributed by atoms with Crippen molar-refractivity contribution in [2.24, 2.45) is 0 Å². The van der Waals surface area contributed by atoms with Gasteiger partial charge in [0, 0.05) is 11.6 Å². The summed E-state index contributed by atoms with van der Waals surface area (Å²) < 4.78 is 44.3.